The summed E-state index contributed by atoms with van der Waals surface area (Å²) in [6.45, 7) is 2.62. The monoisotopic (exact) mass is 447 g/mol. The molecule has 0 unspecified atom stereocenters. The van der Waals surface area contributed by atoms with Crippen molar-refractivity contribution >= 4 is 28.4 Å². The van der Waals surface area contributed by atoms with E-state index < -0.39 is 0 Å². The Balaban J connectivity index is 1.26. The summed E-state index contributed by atoms with van der Waals surface area (Å²) in [4.78, 5) is 15.6. The predicted octanol–water partition coefficient (Wildman–Crippen LogP) is 4.70. The molecule has 0 bridgehead atoms. The fraction of sp³-hybridized carbons (Fsp3) is 0.148. The lowest BCUT2D eigenvalue weighted by Gasteiger charge is -2.29. The summed E-state index contributed by atoms with van der Waals surface area (Å²) >= 11 is 0. The Hall–Kier alpha value is -4.23. The highest BCUT2D eigenvalue weighted by Gasteiger charge is 2.22. The topological polar surface area (TPSA) is 84.9 Å². The molecule has 7 heteroatoms. The lowest BCUT2D eigenvalue weighted by Crippen LogP contribution is -2.31. The van der Waals surface area contributed by atoms with Crippen molar-refractivity contribution < 1.29 is 0 Å². The molecule has 3 N–H and O–H groups in total. The van der Waals surface area contributed by atoms with Crippen LogP contribution in [0, 0.1) is 0 Å². The summed E-state index contributed by atoms with van der Waals surface area (Å²) in [5, 5.41) is 4.65. The molecule has 0 radical (unpaired) electrons. The van der Waals surface area contributed by atoms with Crippen LogP contribution in [0.2, 0.25) is 0 Å². The second-order valence-corrected chi connectivity index (χ2v) is 8.59. The van der Waals surface area contributed by atoms with Crippen LogP contribution >= 0.6 is 0 Å². The van der Waals surface area contributed by atoms with Crippen molar-refractivity contribution in [2.45, 2.75) is 19.5 Å². The van der Waals surface area contributed by atoms with E-state index in [0.717, 1.165) is 65.4 Å². The number of rotatable bonds is 5. The number of anilines is 3. The highest BCUT2D eigenvalue weighted by Crippen LogP contribution is 2.30. The minimum absolute atomic E-state index is 0.299. The van der Waals surface area contributed by atoms with Gasteiger partial charge in [-0.2, -0.15) is 4.98 Å². The molecule has 5 aromatic rings. The van der Waals surface area contributed by atoms with E-state index in [1.165, 1.54) is 5.56 Å². The lowest BCUT2D eigenvalue weighted by molar-refractivity contribution is 0.241. The summed E-state index contributed by atoms with van der Waals surface area (Å²) in [5.74, 6) is 1.10. The van der Waals surface area contributed by atoms with E-state index in [1.54, 1.807) is 12.4 Å². The number of fused-ring (bicyclic) bond motifs is 2. The molecule has 0 saturated carbocycles. The standard InChI is InChI=1S/C27H25N7/c28-27-31-24-18-33(17-19-4-2-1-3-5-19)14-11-23(24)26(32-27)30-21-6-7-25-20(16-21)10-15-34(25)22-8-12-29-13-9-22/h1-10,12-13,15-16H,11,14,17-18H2,(H3,28,30,31,32). The lowest BCUT2D eigenvalue weighted by atomic mass is 10.0. The van der Waals surface area contributed by atoms with Crippen LogP contribution < -0.4 is 11.1 Å². The molecule has 4 heterocycles. The Morgan fingerprint density at radius 3 is 2.65 bits per heavy atom. The largest absolute Gasteiger partial charge is 0.368 e. The van der Waals surface area contributed by atoms with E-state index in [2.05, 4.69) is 84.5 Å². The molecule has 0 aliphatic carbocycles. The summed E-state index contributed by atoms with van der Waals surface area (Å²) < 4.78 is 2.16. The number of aromatic nitrogens is 4. The molecular formula is C27H25N7. The second-order valence-electron chi connectivity index (χ2n) is 8.59. The summed E-state index contributed by atoms with van der Waals surface area (Å²) in [6, 6.07) is 23.0. The van der Waals surface area contributed by atoms with Crippen molar-refractivity contribution in [1.29, 1.82) is 0 Å². The molecule has 3 aromatic heterocycles. The predicted molar refractivity (Wildman–Crippen MR) is 135 cm³/mol. The van der Waals surface area contributed by atoms with Crippen molar-refractivity contribution in [3.05, 3.63) is 102 Å². The molecule has 2 aromatic carbocycles. The zero-order chi connectivity index (χ0) is 22.9. The van der Waals surface area contributed by atoms with Gasteiger partial charge in [0.05, 0.1) is 11.2 Å². The number of hydrogen-bond acceptors (Lipinski definition) is 6. The fourth-order valence-corrected chi connectivity index (χ4v) is 4.67. The number of nitrogen functional groups attached to an aromatic ring is 1. The SMILES string of the molecule is Nc1nc2c(c(Nc3ccc4c(ccn4-c4ccncc4)c3)n1)CCN(Cc1ccccc1)C2. The molecule has 6 rings (SSSR count). The van der Waals surface area contributed by atoms with Crippen LogP contribution in [0.4, 0.5) is 17.5 Å². The minimum Gasteiger partial charge on any atom is -0.368 e. The number of pyridine rings is 1. The molecule has 0 spiro atoms. The summed E-state index contributed by atoms with van der Waals surface area (Å²) in [6.07, 6.45) is 6.57. The fourth-order valence-electron chi connectivity index (χ4n) is 4.67. The van der Waals surface area contributed by atoms with Gasteiger partial charge in [0.1, 0.15) is 5.82 Å². The first-order valence-corrected chi connectivity index (χ1v) is 11.4. The maximum atomic E-state index is 6.10. The molecule has 1 aliphatic rings. The van der Waals surface area contributed by atoms with E-state index in [9.17, 15) is 0 Å². The number of nitrogens with zero attached hydrogens (tertiary/aromatic N) is 5. The maximum Gasteiger partial charge on any atom is 0.222 e. The van der Waals surface area contributed by atoms with Gasteiger partial charge in [-0.15, -0.1) is 0 Å². The Kier molecular flexibility index (Phi) is 5.16. The van der Waals surface area contributed by atoms with Crippen molar-refractivity contribution in [1.82, 2.24) is 24.4 Å². The van der Waals surface area contributed by atoms with Crippen molar-refractivity contribution in [2.24, 2.45) is 0 Å². The quantitative estimate of drug-likeness (QED) is 0.406. The smallest absolute Gasteiger partial charge is 0.222 e. The maximum absolute atomic E-state index is 6.10. The van der Waals surface area contributed by atoms with Gasteiger partial charge in [-0.3, -0.25) is 9.88 Å². The van der Waals surface area contributed by atoms with Crippen LogP contribution in [0.25, 0.3) is 16.6 Å². The van der Waals surface area contributed by atoms with Crippen LogP contribution in [0.15, 0.2) is 85.3 Å². The summed E-state index contributed by atoms with van der Waals surface area (Å²) in [7, 11) is 0. The first-order valence-electron chi connectivity index (χ1n) is 11.4. The van der Waals surface area contributed by atoms with Gasteiger partial charge < -0.3 is 15.6 Å². The van der Waals surface area contributed by atoms with Gasteiger partial charge in [0.25, 0.3) is 0 Å². The van der Waals surface area contributed by atoms with E-state index >= 15 is 0 Å². The third-order valence-electron chi connectivity index (χ3n) is 6.30. The zero-order valence-corrected chi connectivity index (χ0v) is 18.7. The van der Waals surface area contributed by atoms with E-state index in [-0.39, 0.29) is 0 Å². The van der Waals surface area contributed by atoms with Crippen LogP contribution in [-0.2, 0) is 19.5 Å². The molecule has 1 aliphatic heterocycles. The van der Waals surface area contributed by atoms with Gasteiger partial charge in [-0.05, 0) is 48.4 Å². The van der Waals surface area contributed by atoms with Gasteiger partial charge in [-0.25, -0.2) is 4.98 Å². The third kappa shape index (κ3) is 3.97. The van der Waals surface area contributed by atoms with E-state index in [1.807, 2.05) is 18.2 Å². The average Bonchev–Trinajstić information content (AvgIpc) is 3.28. The first kappa shape index (κ1) is 20.4. The Labute approximate surface area is 197 Å². The molecule has 0 amide bonds. The van der Waals surface area contributed by atoms with E-state index in [0.29, 0.717) is 5.95 Å². The van der Waals surface area contributed by atoms with Gasteiger partial charge in [0, 0.05) is 60.5 Å². The average molecular weight is 448 g/mol. The molecule has 168 valence electrons. The highest BCUT2D eigenvalue weighted by molar-refractivity contribution is 5.86. The third-order valence-corrected chi connectivity index (χ3v) is 6.30. The molecule has 0 saturated heterocycles. The van der Waals surface area contributed by atoms with Crippen molar-refractivity contribution in [2.75, 3.05) is 17.6 Å². The van der Waals surface area contributed by atoms with Crippen molar-refractivity contribution in [3.8, 4) is 5.69 Å². The number of nitrogens with two attached hydrogens (primary N) is 1. The van der Waals surface area contributed by atoms with Gasteiger partial charge in [0.2, 0.25) is 5.95 Å². The van der Waals surface area contributed by atoms with Crippen molar-refractivity contribution in [3.63, 3.8) is 0 Å². The van der Waals surface area contributed by atoms with Gasteiger partial charge >= 0.3 is 0 Å². The Morgan fingerprint density at radius 1 is 0.941 bits per heavy atom. The highest BCUT2D eigenvalue weighted by atomic mass is 15.2. The van der Waals surface area contributed by atoms with Crippen LogP contribution in [0.3, 0.4) is 0 Å². The minimum atomic E-state index is 0.299. The normalized spacial score (nSPS) is 13.6. The molecular weight excluding hydrogens is 422 g/mol. The van der Waals surface area contributed by atoms with Crippen LogP contribution in [-0.4, -0.2) is 31.0 Å². The second kappa shape index (κ2) is 8.61. The zero-order valence-electron chi connectivity index (χ0n) is 18.7. The van der Waals surface area contributed by atoms with Crippen LogP contribution in [0.5, 0.6) is 0 Å². The molecule has 7 nitrogen and oxygen atoms in total. The number of hydrogen-bond donors (Lipinski definition) is 2. The first-order chi connectivity index (χ1) is 16.7. The Morgan fingerprint density at radius 2 is 1.79 bits per heavy atom. The van der Waals surface area contributed by atoms with Gasteiger partial charge in [-0.1, -0.05) is 30.3 Å². The van der Waals surface area contributed by atoms with Gasteiger partial charge in [0.15, 0.2) is 0 Å². The number of benzene rings is 2. The molecule has 34 heavy (non-hydrogen) atoms. The Bertz CT molecular complexity index is 1440. The van der Waals surface area contributed by atoms with Crippen LogP contribution in [0.1, 0.15) is 16.8 Å². The number of nitrogens with one attached hydrogen (secondary N) is 1. The molecule has 0 fully saturated rings. The summed E-state index contributed by atoms with van der Waals surface area (Å²) in [5.41, 5.74) is 12.8. The molecule has 0 atom stereocenters. The van der Waals surface area contributed by atoms with E-state index in [4.69, 9.17) is 5.73 Å².